The summed E-state index contributed by atoms with van der Waals surface area (Å²) in [5.74, 6) is 2.28. The molecule has 3 aliphatic rings. The SMILES string of the molecule is CN=C(NCc1ccnc(OCC2CC2)c1)NC1CC2CCC1O2. The summed E-state index contributed by atoms with van der Waals surface area (Å²) in [5.41, 5.74) is 1.14. The third-order valence-corrected chi connectivity index (χ3v) is 5.07. The quantitative estimate of drug-likeness (QED) is 0.615. The average Bonchev–Trinajstić information content (AvgIpc) is 3.22. The Morgan fingerprint density at radius 2 is 2.29 bits per heavy atom. The van der Waals surface area contributed by atoms with E-state index in [9.17, 15) is 0 Å². The van der Waals surface area contributed by atoms with Gasteiger partial charge in [0.05, 0.1) is 24.9 Å². The second-order valence-corrected chi connectivity index (χ2v) is 7.04. The highest BCUT2D eigenvalue weighted by Crippen LogP contribution is 2.34. The average molecular weight is 330 g/mol. The molecule has 130 valence electrons. The molecule has 6 nitrogen and oxygen atoms in total. The standard InChI is InChI=1S/C18H26N4O2/c1-19-18(22-15-9-14-4-5-16(15)24-14)21-10-13-6-7-20-17(8-13)23-11-12-2-3-12/h6-8,12,14-16H,2-5,9-11H2,1H3,(H2,19,21,22). The fourth-order valence-corrected chi connectivity index (χ4v) is 3.47. The molecule has 1 saturated carbocycles. The molecule has 3 unspecified atom stereocenters. The van der Waals surface area contributed by atoms with E-state index < -0.39 is 0 Å². The van der Waals surface area contributed by atoms with Crippen molar-refractivity contribution in [1.82, 2.24) is 15.6 Å². The molecule has 4 rings (SSSR count). The number of nitrogens with zero attached hydrogens (tertiary/aromatic N) is 2. The van der Waals surface area contributed by atoms with Crippen molar-refractivity contribution in [3.8, 4) is 5.88 Å². The number of rotatable bonds is 6. The Morgan fingerprint density at radius 3 is 3.00 bits per heavy atom. The maximum atomic E-state index is 5.89. The summed E-state index contributed by atoms with van der Waals surface area (Å²) in [6.45, 7) is 1.49. The zero-order chi connectivity index (χ0) is 16.4. The molecule has 2 aliphatic heterocycles. The van der Waals surface area contributed by atoms with Crippen LogP contribution in [0.5, 0.6) is 5.88 Å². The van der Waals surface area contributed by atoms with Gasteiger partial charge in [0.1, 0.15) is 0 Å². The molecule has 0 amide bonds. The highest BCUT2D eigenvalue weighted by Gasteiger charge is 2.41. The molecule has 2 N–H and O–H groups in total. The number of hydrogen-bond acceptors (Lipinski definition) is 4. The van der Waals surface area contributed by atoms with Gasteiger partial charge in [-0.15, -0.1) is 0 Å². The first-order chi connectivity index (χ1) is 11.8. The van der Waals surface area contributed by atoms with Gasteiger partial charge in [-0.3, -0.25) is 4.99 Å². The molecule has 6 heteroatoms. The highest BCUT2D eigenvalue weighted by atomic mass is 16.5. The molecule has 0 radical (unpaired) electrons. The topological polar surface area (TPSA) is 67.8 Å². The van der Waals surface area contributed by atoms with Crippen molar-refractivity contribution in [3.05, 3.63) is 23.9 Å². The van der Waals surface area contributed by atoms with Crippen molar-refractivity contribution in [3.63, 3.8) is 0 Å². The Morgan fingerprint density at radius 1 is 1.38 bits per heavy atom. The number of fused-ring (bicyclic) bond motifs is 2. The van der Waals surface area contributed by atoms with Gasteiger partial charge in [-0.1, -0.05) is 0 Å². The van der Waals surface area contributed by atoms with Gasteiger partial charge in [-0.2, -0.15) is 0 Å². The first kappa shape index (κ1) is 15.7. The zero-order valence-corrected chi connectivity index (χ0v) is 14.2. The molecular weight excluding hydrogens is 304 g/mol. The Bertz CT molecular complexity index is 602. The molecule has 1 aromatic rings. The van der Waals surface area contributed by atoms with Crippen LogP contribution in [-0.2, 0) is 11.3 Å². The van der Waals surface area contributed by atoms with Crippen molar-refractivity contribution >= 4 is 5.96 Å². The van der Waals surface area contributed by atoms with Crippen molar-refractivity contribution < 1.29 is 9.47 Å². The molecule has 2 saturated heterocycles. The summed E-state index contributed by atoms with van der Waals surface area (Å²) in [6.07, 6.45) is 8.61. The van der Waals surface area contributed by atoms with E-state index in [1.165, 1.54) is 19.3 Å². The van der Waals surface area contributed by atoms with E-state index in [4.69, 9.17) is 9.47 Å². The Balaban J connectivity index is 1.27. The first-order valence-corrected chi connectivity index (χ1v) is 9.00. The van der Waals surface area contributed by atoms with Gasteiger partial charge in [0.15, 0.2) is 5.96 Å². The highest BCUT2D eigenvalue weighted by molar-refractivity contribution is 5.80. The summed E-state index contributed by atoms with van der Waals surface area (Å²) < 4.78 is 11.6. The van der Waals surface area contributed by atoms with E-state index >= 15 is 0 Å². The smallest absolute Gasteiger partial charge is 0.213 e. The fourth-order valence-electron chi connectivity index (χ4n) is 3.47. The zero-order valence-electron chi connectivity index (χ0n) is 14.2. The van der Waals surface area contributed by atoms with Crippen LogP contribution in [-0.4, -0.2) is 42.8 Å². The largest absolute Gasteiger partial charge is 0.477 e. The number of aliphatic imine (C=N–C) groups is 1. The van der Waals surface area contributed by atoms with E-state index in [2.05, 4.69) is 20.6 Å². The van der Waals surface area contributed by atoms with Crippen LogP contribution in [0.4, 0.5) is 0 Å². The summed E-state index contributed by atoms with van der Waals surface area (Å²) in [7, 11) is 1.81. The predicted molar refractivity (Wildman–Crippen MR) is 92.1 cm³/mol. The lowest BCUT2D eigenvalue weighted by atomic mass is 9.96. The summed E-state index contributed by atoms with van der Waals surface area (Å²) in [5, 5.41) is 6.87. The number of nitrogens with one attached hydrogen (secondary N) is 2. The van der Waals surface area contributed by atoms with Crippen LogP contribution in [0.25, 0.3) is 0 Å². The van der Waals surface area contributed by atoms with Gasteiger partial charge in [-0.05, 0) is 49.7 Å². The van der Waals surface area contributed by atoms with Crippen LogP contribution < -0.4 is 15.4 Å². The minimum atomic E-state index is 0.344. The van der Waals surface area contributed by atoms with Crippen LogP contribution >= 0.6 is 0 Å². The van der Waals surface area contributed by atoms with Gasteiger partial charge in [-0.25, -0.2) is 4.98 Å². The second kappa shape index (κ2) is 6.97. The normalized spacial score (nSPS) is 28.9. The van der Waals surface area contributed by atoms with Crippen molar-refractivity contribution in [2.75, 3.05) is 13.7 Å². The second-order valence-electron chi connectivity index (χ2n) is 7.04. The number of aromatic nitrogens is 1. The maximum Gasteiger partial charge on any atom is 0.213 e. The van der Waals surface area contributed by atoms with Gasteiger partial charge < -0.3 is 20.1 Å². The fraction of sp³-hybridized carbons (Fsp3) is 0.667. The molecule has 1 aromatic heterocycles. The lowest BCUT2D eigenvalue weighted by Gasteiger charge is -2.22. The van der Waals surface area contributed by atoms with E-state index in [-0.39, 0.29) is 0 Å². The lowest BCUT2D eigenvalue weighted by molar-refractivity contribution is 0.0992. The van der Waals surface area contributed by atoms with E-state index in [0.717, 1.165) is 36.9 Å². The van der Waals surface area contributed by atoms with Crippen LogP contribution in [0.2, 0.25) is 0 Å². The van der Waals surface area contributed by atoms with E-state index in [1.807, 2.05) is 12.1 Å². The molecule has 0 spiro atoms. The number of hydrogen-bond donors (Lipinski definition) is 2. The number of pyridine rings is 1. The third-order valence-electron chi connectivity index (χ3n) is 5.07. The van der Waals surface area contributed by atoms with Gasteiger partial charge in [0.2, 0.25) is 5.88 Å². The molecule has 0 aromatic carbocycles. The van der Waals surface area contributed by atoms with Crippen LogP contribution in [0, 0.1) is 5.92 Å². The van der Waals surface area contributed by atoms with Gasteiger partial charge >= 0.3 is 0 Å². The van der Waals surface area contributed by atoms with Crippen LogP contribution in [0.3, 0.4) is 0 Å². The number of ether oxygens (including phenoxy) is 2. The van der Waals surface area contributed by atoms with Crippen LogP contribution in [0.1, 0.15) is 37.7 Å². The maximum absolute atomic E-state index is 5.89. The molecule has 3 heterocycles. The summed E-state index contributed by atoms with van der Waals surface area (Å²) in [6, 6.07) is 4.39. The monoisotopic (exact) mass is 330 g/mol. The Labute approximate surface area is 143 Å². The van der Waals surface area contributed by atoms with Crippen LogP contribution in [0.15, 0.2) is 23.3 Å². The predicted octanol–water partition coefficient (Wildman–Crippen LogP) is 1.86. The van der Waals surface area contributed by atoms with Gasteiger partial charge in [0.25, 0.3) is 0 Å². The molecule has 3 fully saturated rings. The van der Waals surface area contributed by atoms with Crippen molar-refractivity contribution in [2.24, 2.45) is 10.9 Å². The molecular formula is C18H26N4O2. The number of guanidine groups is 1. The third kappa shape index (κ3) is 3.80. The van der Waals surface area contributed by atoms with E-state index in [0.29, 0.717) is 30.7 Å². The molecule has 1 aliphatic carbocycles. The summed E-state index contributed by atoms with van der Waals surface area (Å²) >= 11 is 0. The van der Waals surface area contributed by atoms with Crippen molar-refractivity contribution in [2.45, 2.75) is 56.9 Å². The van der Waals surface area contributed by atoms with Gasteiger partial charge in [0, 0.05) is 25.9 Å². The minimum absolute atomic E-state index is 0.344. The van der Waals surface area contributed by atoms with Crippen molar-refractivity contribution in [1.29, 1.82) is 0 Å². The molecule has 2 bridgehead atoms. The molecule has 3 atom stereocenters. The minimum Gasteiger partial charge on any atom is -0.477 e. The molecule has 24 heavy (non-hydrogen) atoms. The first-order valence-electron chi connectivity index (χ1n) is 9.00. The van der Waals surface area contributed by atoms with E-state index in [1.54, 1.807) is 13.2 Å². The summed E-state index contributed by atoms with van der Waals surface area (Å²) in [4.78, 5) is 8.62. The lowest BCUT2D eigenvalue weighted by Crippen LogP contribution is -2.47. The Hall–Kier alpha value is -1.82. The Kier molecular flexibility index (Phi) is 4.56.